The number of aryl methyl sites for hydroxylation is 1. The number of phenolic OH excluding ortho intramolecular Hbond substituents is 1. The van der Waals surface area contributed by atoms with Crippen molar-refractivity contribution in [1.29, 1.82) is 0 Å². The zero-order valence-corrected chi connectivity index (χ0v) is 17.4. The highest BCUT2D eigenvalue weighted by Crippen LogP contribution is 2.47. The number of hydrogen-bond donors (Lipinski definition) is 1. The van der Waals surface area contributed by atoms with Crippen molar-refractivity contribution in [3.63, 3.8) is 0 Å². The molecule has 4 aromatic rings. The summed E-state index contributed by atoms with van der Waals surface area (Å²) < 4.78 is 7.94. The Balaban J connectivity index is 1.41. The molecule has 3 nitrogen and oxygen atoms in total. The predicted molar refractivity (Wildman–Crippen MR) is 123 cm³/mol. The topological polar surface area (TPSA) is 34.4 Å². The molecule has 1 aromatic heterocycles. The van der Waals surface area contributed by atoms with Crippen LogP contribution in [0.5, 0.6) is 11.5 Å². The maximum absolute atomic E-state index is 9.99. The summed E-state index contributed by atoms with van der Waals surface area (Å²) in [7, 11) is 0. The number of hydrogen-bond acceptors (Lipinski definition) is 2. The van der Waals surface area contributed by atoms with Crippen LogP contribution in [0.1, 0.15) is 40.5 Å². The van der Waals surface area contributed by atoms with Crippen LogP contribution in [0.3, 0.4) is 0 Å². The maximum Gasteiger partial charge on any atom is 0.119 e. The molecule has 0 fully saturated rings. The quantitative estimate of drug-likeness (QED) is 0.429. The second kappa shape index (κ2) is 8.73. The summed E-state index contributed by atoms with van der Waals surface area (Å²) in [5, 5.41) is 9.99. The third kappa shape index (κ3) is 4.22. The van der Waals surface area contributed by atoms with E-state index in [0.717, 1.165) is 25.1 Å². The molecular formula is C28H26NO2. The number of aromatic hydroxyl groups is 1. The molecule has 0 amide bonds. The maximum atomic E-state index is 9.99. The van der Waals surface area contributed by atoms with E-state index in [9.17, 15) is 5.11 Å². The van der Waals surface area contributed by atoms with Gasteiger partial charge in [-0.3, -0.25) is 0 Å². The number of rotatable bonds is 6. The molecule has 2 atom stereocenters. The zero-order valence-electron chi connectivity index (χ0n) is 17.4. The Morgan fingerprint density at radius 3 is 2.55 bits per heavy atom. The summed E-state index contributed by atoms with van der Waals surface area (Å²) in [5.74, 6) is 1.90. The van der Waals surface area contributed by atoms with Gasteiger partial charge in [0.05, 0.1) is 12.7 Å². The number of fused-ring (bicyclic) bond motifs is 1. The molecule has 31 heavy (non-hydrogen) atoms. The first-order valence-corrected chi connectivity index (χ1v) is 10.9. The summed E-state index contributed by atoms with van der Waals surface area (Å²) in [4.78, 5) is 0. The van der Waals surface area contributed by atoms with E-state index in [1.165, 1.54) is 22.3 Å². The fourth-order valence-corrected chi connectivity index (χ4v) is 4.78. The average molecular weight is 409 g/mol. The summed E-state index contributed by atoms with van der Waals surface area (Å²) >= 11 is 0. The molecule has 0 spiro atoms. The fraction of sp³-hybridized carbons (Fsp3) is 0.214. The van der Waals surface area contributed by atoms with Crippen LogP contribution in [0.15, 0.2) is 91.1 Å². The predicted octanol–water partition coefficient (Wildman–Crippen LogP) is 5.93. The van der Waals surface area contributed by atoms with Gasteiger partial charge < -0.3 is 14.4 Å². The van der Waals surface area contributed by atoms with Crippen LogP contribution >= 0.6 is 0 Å². The minimum absolute atomic E-state index is 0.260. The van der Waals surface area contributed by atoms with Gasteiger partial charge >= 0.3 is 0 Å². The molecule has 5 rings (SSSR count). The van der Waals surface area contributed by atoms with Gasteiger partial charge in [-0.2, -0.15) is 0 Å². The molecule has 155 valence electrons. The molecule has 0 saturated carbocycles. The summed E-state index contributed by atoms with van der Waals surface area (Å²) in [6.07, 6.45) is 7.17. The number of benzene rings is 3. The zero-order chi connectivity index (χ0) is 21.0. The molecule has 0 saturated heterocycles. The van der Waals surface area contributed by atoms with Crippen LogP contribution in [0, 0.1) is 6.20 Å². The minimum atomic E-state index is 0.260. The molecule has 1 aliphatic rings. The standard InChI is InChI=1S/C28H26NO2/c30-24-11-15-27-23(20-24)10-14-26(21-6-2-1-3-7-21)28(27)22-8-12-25(13-9-22)31-19-18-29-16-4-5-17-29/h1-9,11-13,15-16,20,26,28,30H,10,14,18-19H2. The van der Waals surface area contributed by atoms with Crippen LogP contribution < -0.4 is 4.74 Å². The lowest BCUT2D eigenvalue weighted by molar-refractivity contribution is 0.298. The van der Waals surface area contributed by atoms with Crippen LogP contribution in [0.25, 0.3) is 0 Å². The first kappa shape index (κ1) is 19.5. The van der Waals surface area contributed by atoms with Crippen molar-refractivity contribution in [2.75, 3.05) is 6.61 Å². The molecule has 3 aromatic carbocycles. The Kier molecular flexibility index (Phi) is 5.49. The lowest BCUT2D eigenvalue weighted by Gasteiger charge is -2.34. The van der Waals surface area contributed by atoms with Crippen LogP contribution in [-0.4, -0.2) is 16.3 Å². The van der Waals surface area contributed by atoms with E-state index in [2.05, 4.69) is 66.9 Å². The Hall–Kier alpha value is -3.46. The third-order valence-electron chi connectivity index (χ3n) is 6.26. The second-order valence-electron chi connectivity index (χ2n) is 8.16. The SMILES string of the molecule is Oc1ccc2c(c1)CCC(c1ccccc1)C2c1ccc(OCCn2[c]ccc2)cc1. The summed E-state index contributed by atoms with van der Waals surface area (Å²) in [5.41, 5.74) is 5.22. The first-order chi connectivity index (χ1) is 15.3. The highest BCUT2D eigenvalue weighted by atomic mass is 16.5. The first-order valence-electron chi connectivity index (χ1n) is 10.9. The molecule has 1 N–H and O–H groups in total. The minimum Gasteiger partial charge on any atom is -0.508 e. The molecule has 3 heteroatoms. The monoisotopic (exact) mass is 408 g/mol. The van der Waals surface area contributed by atoms with E-state index in [4.69, 9.17) is 4.74 Å². The fourth-order valence-electron chi connectivity index (χ4n) is 4.78. The van der Waals surface area contributed by atoms with Gasteiger partial charge in [-0.25, -0.2) is 0 Å². The lowest BCUT2D eigenvalue weighted by atomic mass is 9.69. The van der Waals surface area contributed by atoms with Crippen molar-refractivity contribution in [2.45, 2.75) is 31.2 Å². The largest absolute Gasteiger partial charge is 0.508 e. The van der Waals surface area contributed by atoms with E-state index >= 15 is 0 Å². The number of aromatic nitrogens is 1. The smallest absolute Gasteiger partial charge is 0.119 e. The third-order valence-corrected chi connectivity index (χ3v) is 6.26. The second-order valence-corrected chi connectivity index (χ2v) is 8.16. The Bertz CT molecular complexity index is 1120. The van der Waals surface area contributed by atoms with Gasteiger partial charge in [-0.1, -0.05) is 48.5 Å². The van der Waals surface area contributed by atoms with Gasteiger partial charge in [0.1, 0.15) is 18.1 Å². The van der Waals surface area contributed by atoms with Crippen molar-refractivity contribution >= 4 is 0 Å². The van der Waals surface area contributed by atoms with Crippen molar-refractivity contribution < 1.29 is 9.84 Å². The molecule has 0 aliphatic heterocycles. The van der Waals surface area contributed by atoms with E-state index in [1.54, 1.807) is 0 Å². The van der Waals surface area contributed by atoms with Gasteiger partial charge in [0.2, 0.25) is 0 Å². The van der Waals surface area contributed by atoms with Gasteiger partial charge in [-0.15, -0.1) is 0 Å². The Morgan fingerprint density at radius 2 is 1.77 bits per heavy atom. The van der Waals surface area contributed by atoms with Gasteiger partial charge in [0, 0.05) is 12.1 Å². The van der Waals surface area contributed by atoms with E-state index in [-0.39, 0.29) is 5.92 Å². The van der Waals surface area contributed by atoms with Crippen LogP contribution in [0.2, 0.25) is 0 Å². The van der Waals surface area contributed by atoms with Crippen LogP contribution in [-0.2, 0) is 13.0 Å². The van der Waals surface area contributed by atoms with Crippen molar-refractivity contribution in [3.8, 4) is 11.5 Å². The number of ether oxygens (including phenoxy) is 1. The number of nitrogens with zero attached hydrogens (tertiary/aromatic N) is 1. The molecule has 0 bridgehead atoms. The van der Waals surface area contributed by atoms with E-state index in [0.29, 0.717) is 18.3 Å². The highest BCUT2D eigenvalue weighted by molar-refractivity contribution is 5.48. The van der Waals surface area contributed by atoms with Gasteiger partial charge in [-0.05, 0) is 77.4 Å². The molecule has 1 radical (unpaired) electrons. The Labute approximate surface area is 183 Å². The Morgan fingerprint density at radius 1 is 0.935 bits per heavy atom. The van der Waals surface area contributed by atoms with E-state index < -0.39 is 0 Å². The van der Waals surface area contributed by atoms with Crippen molar-refractivity contribution in [1.82, 2.24) is 4.57 Å². The average Bonchev–Trinajstić information content (AvgIpc) is 3.33. The van der Waals surface area contributed by atoms with Crippen molar-refractivity contribution in [2.24, 2.45) is 0 Å². The number of phenols is 1. The highest BCUT2D eigenvalue weighted by Gasteiger charge is 2.32. The molecule has 1 heterocycles. The van der Waals surface area contributed by atoms with Gasteiger partial charge in [0.25, 0.3) is 0 Å². The molecule has 2 unspecified atom stereocenters. The molecular weight excluding hydrogens is 382 g/mol. The van der Waals surface area contributed by atoms with Crippen LogP contribution in [0.4, 0.5) is 0 Å². The summed E-state index contributed by atoms with van der Waals surface area (Å²) in [6.45, 7) is 1.40. The van der Waals surface area contributed by atoms with Gasteiger partial charge in [0.15, 0.2) is 0 Å². The van der Waals surface area contributed by atoms with E-state index in [1.807, 2.05) is 35.0 Å². The van der Waals surface area contributed by atoms with Crippen molar-refractivity contribution in [3.05, 3.63) is 120 Å². The normalized spacial score (nSPS) is 17.8. The lowest BCUT2D eigenvalue weighted by Crippen LogP contribution is -2.20. The molecule has 1 aliphatic carbocycles. The summed E-state index contributed by atoms with van der Waals surface area (Å²) in [6, 6.07) is 29.0.